The highest BCUT2D eigenvalue weighted by Crippen LogP contribution is 2.12. The lowest BCUT2D eigenvalue weighted by Crippen LogP contribution is -2.52. The lowest BCUT2D eigenvalue weighted by Gasteiger charge is -2.22. The summed E-state index contributed by atoms with van der Waals surface area (Å²) in [6.45, 7) is 6.51. The van der Waals surface area contributed by atoms with Crippen LogP contribution in [0.3, 0.4) is 0 Å². The van der Waals surface area contributed by atoms with Gasteiger partial charge in [-0.1, -0.05) is 0 Å². The molecule has 0 aliphatic carbocycles. The van der Waals surface area contributed by atoms with E-state index < -0.39 is 17.2 Å². The Morgan fingerprint density at radius 2 is 1.84 bits per heavy atom. The average Bonchev–Trinajstić information content (AvgIpc) is 2.33. The molecule has 0 aromatic rings. The molecule has 0 heterocycles. The van der Waals surface area contributed by atoms with Gasteiger partial charge in [0.05, 0.1) is 13.2 Å². The SMILES string of the molecule is COC(=S)NNC(=O)NC(C)(C)N=NC(C)(C)C#N. The van der Waals surface area contributed by atoms with Crippen molar-refractivity contribution in [3.63, 3.8) is 0 Å². The zero-order valence-electron chi connectivity index (χ0n) is 11.6. The maximum atomic E-state index is 11.5. The highest BCUT2D eigenvalue weighted by Gasteiger charge is 2.22. The number of nitrogens with zero attached hydrogens (tertiary/aromatic N) is 3. The number of hydrogen-bond donors (Lipinski definition) is 3. The topological polar surface area (TPSA) is 111 Å². The summed E-state index contributed by atoms with van der Waals surface area (Å²) in [6, 6.07) is 1.42. The molecule has 0 atom stereocenters. The number of amides is 2. The third-order valence-corrected chi connectivity index (χ3v) is 1.98. The van der Waals surface area contributed by atoms with Gasteiger partial charge in [0, 0.05) is 0 Å². The van der Waals surface area contributed by atoms with Gasteiger partial charge < -0.3 is 10.1 Å². The van der Waals surface area contributed by atoms with Gasteiger partial charge >= 0.3 is 6.03 Å². The summed E-state index contributed by atoms with van der Waals surface area (Å²) in [6.07, 6.45) is 0. The summed E-state index contributed by atoms with van der Waals surface area (Å²) < 4.78 is 4.64. The molecular weight excluding hydrogens is 268 g/mol. The number of rotatable bonds is 3. The second-order valence-corrected chi connectivity index (χ2v) is 5.00. The van der Waals surface area contributed by atoms with Crippen LogP contribution in [-0.4, -0.2) is 29.5 Å². The van der Waals surface area contributed by atoms with Crippen molar-refractivity contribution in [3.05, 3.63) is 0 Å². The normalized spacial score (nSPS) is 11.6. The molecule has 0 radical (unpaired) electrons. The first-order valence-corrected chi connectivity index (χ1v) is 5.80. The minimum Gasteiger partial charge on any atom is -0.473 e. The monoisotopic (exact) mass is 286 g/mol. The van der Waals surface area contributed by atoms with Crippen LogP contribution in [0.2, 0.25) is 0 Å². The van der Waals surface area contributed by atoms with Crippen LogP contribution in [0.25, 0.3) is 0 Å². The van der Waals surface area contributed by atoms with Gasteiger partial charge in [-0.25, -0.2) is 10.2 Å². The van der Waals surface area contributed by atoms with Crippen molar-refractivity contribution in [2.24, 2.45) is 10.2 Å². The van der Waals surface area contributed by atoms with Crippen molar-refractivity contribution in [1.82, 2.24) is 16.2 Å². The number of ether oxygens (including phenoxy) is 1. The number of hydrazine groups is 1. The van der Waals surface area contributed by atoms with E-state index in [2.05, 4.69) is 43.4 Å². The molecule has 0 aromatic carbocycles. The molecule has 0 aromatic heterocycles. The molecule has 19 heavy (non-hydrogen) atoms. The van der Waals surface area contributed by atoms with Crippen molar-refractivity contribution in [1.29, 1.82) is 5.26 Å². The van der Waals surface area contributed by atoms with Gasteiger partial charge in [0.25, 0.3) is 5.17 Å². The molecule has 0 aliphatic rings. The maximum absolute atomic E-state index is 11.5. The largest absolute Gasteiger partial charge is 0.473 e. The van der Waals surface area contributed by atoms with E-state index in [-0.39, 0.29) is 5.17 Å². The first kappa shape index (κ1) is 17.1. The molecular formula is C10H18N6O2S. The number of thiocarbonyl (C=S) groups is 1. The first-order valence-electron chi connectivity index (χ1n) is 5.39. The second-order valence-electron chi connectivity index (χ2n) is 4.63. The Morgan fingerprint density at radius 3 is 2.32 bits per heavy atom. The number of carbonyl (C=O) groups excluding carboxylic acids is 1. The lowest BCUT2D eigenvalue weighted by atomic mass is 10.1. The van der Waals surface area contributed by atoms with Gasteiger partial charge in [0.15, 0.2) is 5.54 Å². The Balaban J connectivity index is 4.41. The summed E-state index contributed by atoms with van der Waals surface area (Å²) in [4.78, 5) is 11.5. The van der Waals surface area contributed by atoms with Gasteiger partial charge in [-0.3, -0.25) is 5.43 Å². The molecule has 0 saturated carbocycles. The van der Waals surface area contributed by atoms with E-state index in [0.29, 0.717) is 0 Å². The summed E-state index contributed by atoms with van der Waals surface area (Å²) in [5, 5.41) is 19.2. The number of carbonyl (C=O) groups is 1. The van der Waals surface area contributed by atoms with E-state index in [1.807, 2.05) is 6.07 Å². The van der Waals surface area contributed by atoms with Gasteiger partial charge in [-0.2, -0.15) is 15.5 Å². The molecule has 0 rings (SSSR count). The molecule has 0 spiro atoms. The standard InChI is InChI=1S/C10H18N6O2S/c1-9(2,6-11)15-16-10(3,4)12-7(17)13-14-8(19)18-5/h1-5H3,(H,14,19)(H2,12,13,17). The quantitative estimate of drug-likeness (QED) is 0.410. The Morgan fingerprint density at radius 1 is 1.26 bits per heavy atom. The Hall–Kier alpha value is -1.95. The van der Waals surface area contributed by atoms with Gasteiger partial charge in [0.2, 0.25) is 0 Å². The van der Waals surface area contributed by atoms with E-state index in [9.17, 15) is 4.79 Å². The highest BCUT2D eigenvalue weighted by atomic mass is 32.1. The number of urea groups is 1. The fourth-order valence-corrected chi connectivity index (χ4v) is 0.816. The predicted molar refractivity (Wildman–Crippen MR) is 73.0 cm³/mol. The lowest BCUT2D eigenvalue weighted by molar-refractivity contribution is 0.226. The molecule has 106 valence electrons. The molecule has 0 aliphatic heterocycles. The van der Waals surface area contributed by atoms with Crippen LogP contribution < -0.4 is 16.2 Å². The van der Waals surface area contributed by atoms with Crippen molar-refractivity contribution in [2.45, 2.75) is 38.9 Å². The van der Waals surface area contributed by atoms with Crippen LogP contribution in [0.4, 0.5) is 4.79 Å². The molecule has 0 unspecified atom stereocenters. The van der Waals surface area contributed by atoms with Crippen LogP contribution in [0, 0.1) is 11.3 Å². The Kier molecular flexibility index (Phi) is 6.14. The second kappa shape index (κ2) is 6.84. The minimum absolute atomic E-state index is 0.0280. The number of nitrogens with one attached hydrogen (secondary N) is 3. The predicted octanol–water partition coefficient (Wildman–Crippen LogP) is 1.21. The molecule has 3 N–H and O–H groups in total. The summed E-state index contributed by atoms with van der Waals surface area (Å²) in [7, 11) is 1.37. The third-order valence-electron chi connectivity index (χ3n) is 1.71. The van der Waals surface area contributed by atoms with E-state index in [0.717, 1.165) is 0 Å². The van der Waals surface area contributed by atoms with Crippen LogP contribution in [0.15, 0.2) is 10.2 Å². The average molecular weight is 286 g/mol. The summed E-state index contributed by atoms with van der Waals surface area (Å²) in [5.74, 6) is 0. The molecule has 0 bridgehead atoms. The fourth-order valence-electron chi connectivity index (χ4n) is 0.765. The molecule has 8 nitrogen and oxygen atoms in total. The van der Waals surface area contributed by atoms with Gasteiger partial charge in [-0.05, 0) is 39.9 Å². The van der Waals surface area contributed by atoms with Crippen LogP contribution >= 0.6 is 12.2 Å². The van der Waals surface area contributed by atoms with E-state index in [1.165, 1.54) is 7.11 Å². The van der Waals surface area contributed by atoms with Crippen LogP contribution in [-0.2, 0) is 4.74 Å². The van der Waals surface area contributed by atoms with Crippen molar-refractivity contribution < 1.29 is 9.53 Å². The zero-order valence-corrected chi connectivity index (χ0v) is 12.4. The number of nitriles is 1. The van der Waals surface area contributed by atoms with Crippen molar-refractivity contribution >= 4 is 23.4 Å². The maximum Gasteiger partial charge on any atom is 0.335 e. The smallest absolute Gasteiger partial charge is 0.335 e. The molecule has 2 amide bonds. The Labute approximate surface area is 117 Å². The van der Waals surface area contributed by atoms with Gasteiger partial charge in [-0.15, -0.1) is 0 Å². The fraction of sp³-hybridized carbons (Fsp3) is 0.700. The number of hydrogen-bond acceptors (Lipinski definition) is 6. The van der Waals surface area contributed by atoms with Crippen molar-refractivity contribution in [3.8, 4) is 6.07 Å². The first-order chi connectivity index (χ1) is 8.62. The van der Waals surface area contributed by atoms with Gasteiger partial charge in [0.1, 0.15) is 5.66 Å². The minimum atomic E-state index is -0.964. The molecule has 0 saturated heterocycles. The van der Waals surface area contributed by atoms with E-state index >= 15 is 0 Å². The highest BCUT2D eigenvalue weighted by molar-refractivity contribution is 7.80. The number of methoxy groups -OCH3 is 1. The third kappa shape index (κ3) is 7.88. The number of azo groups is 1. The molecule has 9 heteroatoms. The molecule has 0 fully saturated rings. The van der Waals surface area contributed by atoms with E-state index in [1.54, 1.807) is 27.7 Å². The van der Waals surface area contributed by atoms with E-state index in [4.69, 9.17) is 5.26 Å². The summed E-state index contributed by atoms with van der Waals surface area (Å²) in [5.41, 5.74) is 2.73. The van der Waals surface area contributed by atoms with Crippen LogP contribution in [0.5, 0.6) is 0 Å². The Bertz CT molecular complexity index is 413. The van der Waals surface area contributed by atoms with Crippen LogP contribution in [0.1, 0.15) is 27.7 Å². The zero-order chi connectivity index (χ0) is 15.1. The summed E-state index contributed by atoms with van der Waals surface area (Å²) >= 11 is 4.68. The van der Waals surface area contributed by atoms with Crippen molar-refractivity contribution in [2.75, 3.05) is 7.11 Å².